The first-order chi connectivity index (χ1) is 12.8. The molecular weight excluding hydrogens is 336 g/mol. The van der Waals surface area contributed by atoms with E-state index in [1.54, 1.807) is 0 Å². The molecule has 0 bridgehead atoms. The Balaban J connectivity index is 1.75. The van der Waals surface area contributed by atoms with Gasteiger partial charge in [0.1, 0.15) is 0 Å². The highest BCUT2D eigenvalue weighted by atomic mass is 16.1. The molecule has 0 radical (unpaired) electrons. The van der Waals surface area contributed by atoms with Gasteiger partial charge >= 0.3 is 0 Å². The van der Waals surface area contributed by atoms with Crippen molar-refractivity contribution >= 4 is 23.2 Å². The van der Waals surface area contributed by atoms with Crippen LogP contribution in [0.2, 0.25) is 0 Å². The maximum atomic E-state index is 12.6. The molecule has 1 aromatic heterocycles. The van der Waals surface area contributed by atoms with Gasteiger partial charge in [-0.25, -0.2) is 9.97 Å². The monoisotopic (exact) mass is 360 g/mol. The smallest absolute Gasteiger partial charge is 0.258 e. The first-order valence-corrected chi connectivity index (χ1v) is 8.90. The minimum Gasteiger partial charge on any atom is -0.324 e. The zero-order chi connectivity index (χ0) is 19.4. The third-order valence-electron chi connectivity index (χ3n) is 4.29. The minimum atomic E-state index is -0.228. The van der Waals surface area contributed by atoms with E-state index >= 15 is 0 Å². The summed E-state index contributed by atoms with van der Waals surface area (Å²) < 4.78 is 0. The topological polar surface area (TPSA) is 66.9 Å². The van der Waals surface area contributed by atoms with Crippen LogP contribution in [0.25, 0.3) is 0 Å². The van der Waals surface area contributed by atoms with E-state index in [1.807, 2.05) is 55.5 Å². The first kappa shape index (κ1) is 18.6. The van der Waals surface area contributed by atoms with Crippen LogP contribution in [0.3, 0.4) is 0 Å². The summed E-state index contributed by atoms with van der Waals surface area (Å²) in [5.41, 5.74) is 4.26. The van der Waals surface area contributed by atoms with Crippen LogP contribution in [0.4, 0.5) is 17.3 Å². The normalized spacial score (nSPS) is 11.1. The van der Waals surface area contributed by atoms with E-state index in [-0.39, 0.29) is 11.3 Å². The van der Waals surface area contributed by atoms with E-state index in [9.17, 15) is 4.79 Å². The third kappa shape index (κ3) is 4.50. The Bertz CT molecular complexity index is 943. The molecule has 0 unspecified atom stereocenters. The number of nitrogens with one attached hydrogen (secondary N) is 2. The summed E-state index contributed by atoms with van der Waals surface area (Å²) in [5, 5.41) is 6.14. The molecule has 0 aliphatic heterocycles. The lowest BCUT2D eigenvalue weighted by Crippen LogP contribution is -2.19. The number of para-hydroxylation sites is 2. The molecule has 0 saturated heterocycles. The number of rotatable bonds is 4. The van der Waals surface area contributed by atoms with Crippen LogP contribution in [-0.2, 0) is 5.41 Å². The number of anilines is 3. The summed E-state index contributed by atoms with van der Waals surface area (Å²) in [6.07, 6.45) is 3.06. The van der Waals surface area contributed by atoms with E-state index in [1.165, 1.54) is 12.4 Å². The minimum absolute atomic E-state index is 0.0678. The molecule has 1 heterocycles. The first-order valence-electron chi connectivity index (χ1n) is 8.90. The largest absolute Gasteiger partial charge is 0.324 e. The molecule has 0 saturated carbocycles. The Morgan fingerprint density at radius 1 is 0.889 bits per heavy atom. The molecule has 5 heteroatoms. The summed E-state index contributed by atoms with van der Waals surface area (Å²) >= 11 is 0. The molecular formula is C22H24N4O. The number of aromatic nitrogens is 2. The Morgan fingerprint density at radius 3 is 2.11 bits per heavy atom. The molecule has 3 aromatic rings. The Morgan fingerprint density at radius 2 is 1.48 bits per heavy atom. The molecule has 0 aliphatic rings. The zero-order valence-electron chi connectivity index (χ0n) is 16.1. The fourth-order valence-electron chi connectivity index (χ4n) is 2.78. The second-order valence-corrected chi connectivity index (χ2v) is 7.48. The number of carbonyl (C=O) groups excluding carboxylic acids is 1. The van der Waals surface area contributed by atoms with E-state index in [2.05, 4.69) is 41.4 Å². The molecule has 1 amide bonds. The fraction of sp³-hybridized carbons (Fsp3) is 0.227. The lowest BCUT2D eigenvalue weighted by molar-refractivity contribution is 0.102. The van der Waals surface area contributed by atoms with E-state index in [4.69, 9.17) is 0 Å². The number of hydrogen-bond donors (Lipinski definition) is 2. The second-order valence-electron chi connectivity index (χ2n) is 7.48. The SMILES string of the molecule is Cc1ccccc1Nc1ncc(C(=O)Nc2ccccc2C(C)(C)C)cn1. The molecule has 0 fully saturated rings. The van der Waals surface area contributed by atoms with Crippen molar-refractivity contribution in [2.24, 2.45) is 0 Å². The molecule has 0 spiro atoms. The van der Waals surface area contributed by atoms with Crippen molar-refractivity contribution in [1.29, 1.82) is 0 Å². The van der Waals surface area contributed by atoms with E-state index < -0.39 is 0 Å². The number of aryl methyl sites for hydroxylation is 1. The van der Waals surface area contributed by atoms with Gasteiger partial charge in [0, 0.05) is 23.8 Å². The Kier molecular flexibility index (Phi) is 5.21. The number of nitrogens with zero attached hydrogens (tertiary/aromatic N) is 2. The van der Waals surface area contributed by atoms with Crippen molar-refractivity contribution in [3.05, 3.63) is 77.6 Å². The average Bonchev–Trinajstić information content (AvgIpc) is 2.64. The van der Waals surface area contributed by atoms with Crippen LogP contribution in [0.1, 0.15) is 42.3 Å². The molecule has 138 valence electrons. The molecule has 0 atom stereocenters. The third-order valence-corrected chi connectivity index (χ3v) is 4.29. The number of benzene rings is 2. The highest BCUT2D eigenvalue weighted by Gasteiger charge is 2.19. The van der Waals surface area contributed by atoms with Crippen molar-refractivity contribution in [3.8, 4) is 0 Å². The average molecular weight is 360 g/mol. The van der Waals surface area contributed by atoms with Crippen LogP contribution in [-0.4, -0.2) is 15.9 Å². The lowest BCUT2D eigenvalue weighted by Gasteiger charge is -2.23. The second kappa shape index (κ2) is 7.58. The van der Waals surface area contributed by atoms with Crippen LogP contribution < -0.4 is 10.6 Å². The lowest BCUT2D eigenvalue weighted by atomic mass is 9.86. The Labute approximate surface area is 159 Å². The molecule has 5 nitrogen and oxygen atoms in total. The molecule has 2 N–H and O–H groups in total. The quantitative estimate of drug-likeness (QED) is 0.681. The van der Waals surface area contributed by atoms with Crippen molar-refractivity contribution in [2.75, 3.05) is 10.6 Å². The van der Waals surface area contributed by atoms with Crippen molar-refractivity contribution in [1.82, 2.24) is 9.97 Å². The van der Waals surface area contributed by atoms with Gasteiger partial charge in [0.15, 0.2) is 0 Å². The van der Waals surface area contributed by atoms with Gasteiger partial charge in [-0.15, -0.1) is 0 Å². The van der Waals surface area contributed by atoms with Crippen molar-refractivity contribution < 1.29 is 4.79 Å². The summed E-state index contributed by atoms with van der Waals surface area (Å²) in [7, 11) is 0. The standard InChI is InChI=1S/C22H24N4O/c1-15-9-5-7-11-18(15)26-21-23-13-16(14-24-21)20(27)25-19-12-8-6-10-17(19)22(2,3)4/h5-14H,1-4H3,(H,25,27)(H,23,24,26). The number of hydrogen-bond acceptors (Lipinski definition) is 4. The van der Waals surface area contributed by atoms with E-state index in [0.29, 0.717) is 11.5 Å². The summed E-state index contributed by atoms with van der Waals surface area (Å²) in [5.74, 6) is 0.227. The van der Waals surface area contributed by atoms with Gasteiger partial charge in [-0.2, -0.15) is 0 Å². The van der Waals surface area contributed by atoms with Gasteiger partial charge < -0.3 is 10.6 Å². The van der Waals surface area contributed by atoms with Gasteiger partial charge in [-0.05, 0) is 35.6 Å². The molecule has 27 heavy (non-hydrogen) atoms. The van der Waals surface area contributed by atoms with E-state index in [0.717, 1.165) is 22.5 Å². The molecule has 2 aromatic carbocycles. The molecule has 3 rings (SSSR count). The van der Waals surface area contributed by atoms with Crippen molar-refractivity contribution in [2.45, 2.75) is 33.1 Å². The zero-order valence-corrected chi connectivity index (χ0v) is 16.1. The number of amides is 1. The van der Waals surface area contributed by atoms with Gasteiger partial charge in [0.05, 0.1) is 5.56 Å². The van der Waals surface area contributed by atoms with Crippen LogP contribution >= 0.6 is 0 Å². The number of carbonyl (C=O) groups is 1. The maximum absolute atomic E-state index is 12.6. The van der Waals surface area contributed by atoms with Crippen molar-refractivity contribution in [3.63, 3.8) is 0 Å². The fourth-order valence-corrected chi connectivity index (χ4v) is 2.78. The van der Waals surface area contributed by atoms with Crippen LogP contribution in [0.5, 0.6) is 0 Å². The summed E-state index contributed by atoms with van der Waals surface area (Å²) in [6, 6.07) is 15.7. The summed E-state index contributed by atoms with van der Waals surface area (Å²) in [6.45, 7) is 8.37. The predicted molar refractivity (Wildman–Crippen MR) is 110 cm³/mol. The van der Waals surface area contributed by atoms with Gasteiger partial charge in [0.2, 0.25) is 5.95 Å². The van der Waals surface area contributed by atoms with Crippen LogP contribution in [0.15, 0.2) is 60.9 Å². The highest BCUT2D eigenvalue weighted by molar-refractivity contribution is 6.04. The predicted octanol–water partition coefficient (Wildman–Crippen LogP) is 5.08. The van der Waals surface area contributed by atoms with Gasteiger partial charge in [-0.1, -0.05) is 57.2 Å². The van der Waals surface area contributed by atoms with Gasteiger partial charge in [-0.3, -0.25) is 4.79 Å². The maximum Gasteiger partial charge on any atom is 0.258 e. The van der Waals surface area contributed by atoms with Gasteiger partial charge in [0.25, 0.3) is 5.91 Å². The van der Waals surface area contributed by atoms with Crippen LogP contribution in [0, 0.1) is 6.92 Å². The molecule has 0 aliphatic carbocycles. The Hall–Kier alpha value is -3.21. The highest BCUT2D eigenvalue weighted by Crippen LogP contribution is 2.29. The summed E-state index contributed by atoms with van der Waals surface area (Å²) in [4.78, 5) is 21.1.